The molecule has 0 unspecified atom stereocenters. The lowest BCUT2D eigenvalue weighted by Gasteiger charge is -2.35. The Morgan fingerprint density at radius 1 is 1.16 bits per heavy atom. The van der Waals surface area contributed by atoms with Gasteiger partial charge in [-0.3, -0.25) is 10.1 Å². The van der Waals surface area contributed by atoms with Crippen LogP contribution in [-0.2, 0) is 4.79 Å². The summed E-state index contributed by atoms with van der Waals surface area (Å²) in [5.41, 5.74) is 7.71. The Bertz CT molecular complexity index is 697. The quantitative estimate of drug-likeness (QED) is 0.848. The van der Waals surface area contributed by atoms with Crippen LogP contribution in [0.2, 0.25) is 0 Å². The number of nitrogens with one attached hydrogen (secondary N) is 1. The van der Waals surface area contributed by atoms with E-state index in [9.17, 15) is 4.79 Å². The van der Waals surface area contributed by atoms with E-state index in [-0.39, 0.29) is 11.9 Å². The number of piperidine rings is 1. The second-order valence-electron chi connectivity index (χ2n) is 6.38. The molecule has 5 heteroatoms. The van der Waals surface area contributed by atoms with Gasteiger partial charge in [0.05, 0.1) is 7.11 Å². The Hall–Kier alpha value is -2.53. The van der Waals surface area contributed by atoms with Crippen LogP contribution in [0.1, 0.15) is 24.4 Å². The molecular formula is C20H25N3O2. The molecule has 0 spiro atoms. The van der Waals surface area contributed by atoms with Gasteiger partial charge in [0.15, 0.2) is 0 Å². The Morgan fingerprint density at radius 2 is 1.88 bits per heavy atom. The lowest BCUT2D eigenvalue weighted by molar-refractivity contribution is -0.120. The van der Waals surface area contributed by atoms with Crippen LogP contribution in [0, 0.1) is 0 Å². The number of carbonyl (C=O) groups excluding carboxylic acids is 1. The zero-order chi connectivity index (χ0) is 17.6. The van der Waals surface area contributed by atoms with Crippen LogP contribution in [0.4, 0.5) is 5.69 Å². The van der Waals surface area contributed by atoms with Gasteiger partial charge in [0.1, 0.15) is 11.8 Å². The lowest BCUT2D eigenvalue weighted by Crippen LogP contribution is -2.46. The monoisotopic (exact) mass is 339 g/mol. The summed E-state index contributed by atoms with van der Waals surface area (Å²) in [6, 6.07) is 17.6. The van der Waals surface area contributed by atoms with Crippen LogP contribution < -0.4 is 20.7 Å². The molecule has 1 amide bonds. The van der Waals surface area contributed by atoms with E-state index in [0.29, 0.717) is 0 Å². The van der Waals surface area contributed by atoms with Gasteiger partial charge in [-0.05, 0) is 30.5 Å². The van der Waals surface area contributed by atoms with E-state index in [0.717, 1.165) is 37.2 Å². The lowest BCUT2D eigenvalue weighted by atomic mass is 10.00. The number of nitrogens with two attached hydrogens (primary N) is 1. The molecule has 0 bridgehead atoms. The summed E-state index contributed by atoms with van der Waals surface area (Å²) in [7, 11) is 1.68. The van der Waals surface area contributed by atoms with Crippen molar-refractivity contribution in [1.29, 1.82) is 0 Å². The highest BCUT2D eigenvalue weighted by molar-refractivity contribution is 5.81. The highest BCUT2D eigenvalue weighted by Gasteiger charge is 2.25. The third kappa shape index (κ3) is 4.31. The van der Waals surface area contributed by atoms with Crippen LogP contribution in [0.25, 0.3) is 0 Å². The summed E-state index contributed by atoms with van der Waals surface area (Å²) in [5.74, 6) is 0.539. The molecule has 3 rings (SSSR count). The van der Waals surface area contributed by atoms with Gasteiger partial charge in [0.25, 0.3) is 0 Å². The highest BCUT2D eigenvalue weighted by atomic mass is 16.5. The fourth-order valence-corrected chi connectivity index (χ4v) is 3.34. The van der Waals surface area contributed by atoms with Gasteiger partial charge in [-0.1, -0.05) is 36.4 Å². The number of carbonyl (C=O) groups is 1. The molecule has 1 fully saturated rings. The molecular weight excluding hydrogens is 314 g/mol. The number of methoxy groups -OCH3 is 1. The standard InChI is InChI=1S/C20H25N3O2/c1-25-18-9-5-8-17(14-18)23-12-10-16(11-13-23)22-19(20(21)24)15-6-3-2-4-7-15/h2-9,14,16,19,22H,10-13H2,1H3,(H2,21,24)/t19-/m0/s1. The van der Waals surface area contributed by atoms with Crippen molar-refractivity contribution in [3.63, 3.8) is 0 Å². The van der Waals surface area contributed by atoms with Gasteiger partial charge in [-0.15, -0.1) is 0 Å². The zero-order valence-electron chi connectivity index (χ0n) is 14.5. The van der Waals surface area contributed by atoms with E-state index < -0.39 is 6.04 Å². The first-order valence-electron chi connectivity index (χ1n) is 8.66. The summed E-state index contributed by atoms with van der Waals surface area (Å²) in [6.07, 6.45) is 1.93. The molecule has 132 valence electrons. The number of rotatable bonds is 6. The first-order chi connectivity index (χ1) is 12.2. The van der Waals surface area contributed by atoms with Crippen molar-refractivity contribution >= 4 is 11.6 Å². The summed E-state index contributed by atoms with van der Waals surface area (Å²) in [5, 5.41) is 3.44. The maximum Gasteiger partial charge on any atom is 0.239 e. The average molecular weight is 339 g/mol. The van der Waals surface area contributed by atoms with Crippen LogP contribution >= 0.6 is 0 Å². The van der Waals surface area contributed by atoms with Crippen LogP contribution in [0.5, 0.6) is 5.75 Å². The van der Waals surface area contributed by atoms with Crippen molar-refractivity contribution in [2.45, 2.75) is 24.9 Å². The van der Waals surface area contributed by atoms with Gasteiger partial charge in [0, 0.05) is 30.9 Å². The molecule has 25 heavy (non-hydrogen) atoms. The van der Waals surface area contributed by atoms with Gasteiger partial charge in [0.2, 0.25) is 5.91 Å². The molecule has 1 aliphatic heterocycles. The maximum atomic E-state index is 11.9. The van der Waals surface area contributed by atoms with Gasteiger partial charge >= 0.3 is 0 Å². The van der Waals surface area contributed by atoms with Crippen molar-refractivity contribution in [3.05, 3.63) is 60.2 Å². The average Bonchev–Trinajstić information content (AvgIpc) is 2.67. The zero-order valence-corrected chi connectivity index (χ0v) is 14.5. The Kier molecular flexibility index (Phi) is 5.56. The van der Waals surface area contributed by atoms with Crippen molar-refractivity contribution in [3.8, 4) is 5.75 Å². The van der Waals surface area contributed by atoms with E-state index in [4.69, 9.17) is 10.5 Å². The SMILES string of the molecule is COc1cccc(N2CCC(N[C@H](C(N)=O)c3ccccc3)CC2)c1. The predicted molar refractivity (Wildman–Crippen MR) is 99.7 cm³/mol. The third-order valence-corrected chi connectivity index (χ3v) is 4.73. The minimum Gasteiger partial charge on any atom is -0.497 e. The molecule has 2 aromatic rings. The molecule has 0 aliphatic carbocycles. The number of amides is 1. The Morgan fingerprint density at radius 3 is 2.52 bits per heavy atom. The Balaban J connectivity index is 1.60. The van der Waals surface area contributed by atoms with Gasteiger partial charge < -0.3 is 15.4 Å². The fourth-order valence-electron chi connectivity index (χ4n) is 3.34. The molecule has 1 heterocycles. The van der Waals surface area contributed by atoms with E-state index in [2.05, 4.69) is 22.3 Å². The maximum absolute atomic E-state index is 11.9. The molecule has 0 aromatic heterocycles. The number of primary amides is 1. The molecule has 3 N–H and O–H groups in total. The summed E-state index contributed by atoms with van der Waals surface area (Å²) < 4.78 is 5.30. The van der Waals surface area contributed by atoms with Gasteiger partial charge in [-0.2, -0.15) is 0 Å². The number of hydrogen-bond donors (Lipinski definition) is 2. The van der Waals surface area contributed by atoms with Crippen LogP contribution in [-0.4, -0.2) is 32.1 Å². The van der Waals surface area contributed by atoms with Crippen molar-refractivity contribution in [2.24, 2.45) is 5.73 Å². The fraction of sp³-hybridized carbons (Fsp3) is 0.350. The molecule has 0 radical (unpaired) electrons. The molecule has 1 atom stereocenters. The minimum absolute atomic E-state index is 0.277. The van der Waals surface area contributed by atoms with Crippen molar-refractivity contribution in [2.75, 3.05) is 25.1 Å². The summed E-state index contributed by atoms with van der Waals surface area (Å²) in [6.45, 7) is 1.87. The first-order valence-corrected chi connectivity index (χ1v) is 8.66. The van der Waals surface area contributed by atoms with Crippen LogP contribution in [0.3, 0.4) is 0 Å². The van der Waals surface area contributed by atoms with Gasteiger partial charge in [-0.25, -0.2) is 0 Å². The van der Waals surface area contributed by atoms with E-state index in [1.54, 1.807) is 7.11 Å². The molecule has 1 aliphatic rings. The van der Waals surface area contributed by atoms with Crippen molar-refractivity contribution < 1.29 is 9.53 Å². The molecule has 2 aromatic carbocycles. The second-order valence-corrected chi connectivity index (χ2v) is 6.38. The van der Waals surface area contributed by atoms with E-state index in [1.807, 2.05) is 42.5 Å². The Labute approximate surface area is 148 Å². The van der Waals surface area contributed by atoms with E-state index >= 15 is 0 Å². The van der Waals surface area contributed by atoms with E-state index in [1.165, 1.54) is 5.69 Å². The van der Waals surface area contributed by atoms with Crippen molar-refractivity contribution in [1.82, 2.24) is 5.32 Å². The second kappa shape index (κ2) is 8.03. The number of anilines is 1. The molecule has 1 saturated heterocycles. The summed E-state index contributed by atoms with van der Waals surface area (Å²) >= 11 is 0. The van der Waals surface area contributed by atoms with Crippen LogP contribution in [0.15, 0.2) is 54.6 Å². The highest BCUT2D eigenvalue weighted by Crippen LogP contribution is 2.25. The minimum atomic E-state index is -0.436. The number of ether oxygens (including phenoxy) is 1. The number of nitrogens with zero attached hydrogens (tertiary/aromatic N) is 1. The molecule has 5 nitrogen and oxygen atoms in total. The predicted octanol–water partition coefficient (Wildman–Crippen LogP) is 2.48. The number of hydrogen-bond acceptors (Lipinski definition) is 4. The third-order valence-electron chi connectivity index (χ3n) is 4.73. The summed E-state index contributed by atoms with van der Waals surface area (Å²) in [4.78, 5) is 14.2. The molecule has 0 saturated carbocycles. The topological polar surface area (TPSA) is 67.6 Å². The largest absolute Gasteiger partial charge is 0.497 e. The normalized spacial score (nSPS) is 16.4. The first kappa shape index (κ1) is 17.3. The number of benzene rings is 2. The smallest absolute Gasteiger partial charge is 0.239 e.